The lowest BCUT2D eigenvalue weighted by atomic mass is 9.99. The van der Waals surface area contributed by atoms with Crippen LogP contribution in [0.3, 0.4) is 0 Å². The molecule has 2 aliphatic heterocycles. The van der Waals surface area contributed by atoms with Crippen LogP contribution in [0.1, 0.15) is 18.2 Å². The first-order chi connectivity index (χ1) is 13.3. The maximum absolute atomic E-state index is 12.1. The Bertz CT molecular complexity index is 792. The molecule has 3 heterocycles. The molecule has 0 aliphatic carbocycles. The molecular weight excluding hydrogens is 380 g/mol. The Balaban J connectivity index is 1.77. The topological polar surface area (TPSA) is 184 Å². The van der Waals surface area contributed by atoms with Gasteiger partial charge in [-0.2, -0.15) is 0 Å². The maximum atomic E-state index is 12.1. The Morgan fingerprint density at radius 2 is 1.79 bits per heavy atom. The zero-order valence-electron chi connectivity index (χ0n) is 15.0. The predicted octanol–water partition coefficient (Wildman–Crippen LogP) is -3.69. The van der Waals surface area contributed by atoms with Crippen molar-refractivity contribution < 1.29 is 39.7 Å². The molecule has 3 rings (SSSR count). The standard InChI is InChI=1S/C16H24N2O10/c1-6-3-18(16(25)17-14(6)24)10-2-7(8(4-19)26-10)27-15-13(23)12(22)11(21)9(5-20)28-15/h3,7-13,15,19-23H,2,4-5H2,1H3,(H,17,24,25)/t7-,8+,9+,10+,11-,12-,13+,15+/m0/s1. The summed E-state index contributed by atoms with van der Waals surface area (Å²) in [5, 5.41) is 48.6. The van der Waals surface area contributed by atoms with Gasteiger partial charge in [-0.3, -0.25) is 14.3 Å². The quantitative estimate of drug-likeness (QED) is 0.286. The van der Waals surface area contributed by atoms with E-state index in [-0.39, 0.29) is 6.42 Å². The highest BCUT2D eigenvalue weighted by atomic mass is 16.7. The fourth-order valence-corrected chi connectivity index (χ4v) is 3.33. The first-order valence-corrected chi connectivity index (χ1v) is 8.81. The molecule has 0 aromatic carbocycles. The van der Waals surface area contributed by atoms with Gasteiger partial charge < -0.3 is 39.7 Å². The zero-order chi connectivity index (χ0) is 20.6. The van der Waals surface area contributed by atoms with E-state index in [1.165, 1.54) is 13.1 Å². The highest BCUT2D eigenvalue weighted by molar-refractivity contribution is 5.02. The van der Waals surface area contributed by atoms with Crippen molar-refractivity contribution in [1.29, 1.82) is 0 Å². The summed E-state index contributed by atoms with van der Waals surface area (Å²) >= 11 is 0. The number of H-pyrrole nitrogens is 1. The van der Waals surface area contributed by atoms with Gasteiger partial charge in [0.1, 0.15) is 36.7 Å². The molecule has 0 unspecified atom stereocenters. The van der Waals surface area contributed by atoms with E-state index in [9.17, 15) is 35.1 Å². The van der Waals surface area contributed by atoms with Crippen molar-refractivity contribution in [2.45, 2.75) is 62.5 Å². The van der Waals surface area contributed by atoms with Crippen LogP contribution in [-0.2, 0) is 14.2 Å². The van der Waals surface area contributed by atoms with Crippen molar-refractivity contribution in [3.8, 4) is 0 Å². The van der Waals surface area contributed by atoms with Crippen molar-refractivity contribution in [1.82, 2.24) is 9.55 Å². The fourth-order valence-electron chi connectivity index (χ4n) is 3.33. The summed E-state index contributed by atoms with van der Waals surface area (Å²) in [5.41, 5.74) is -0.917. The highest BCUT2D eigenvalue weighted by Crippen LogP contribution is 2.32. The van der Waals surface area contributed by atoms with E-state index in [1.807, 2.05) is 0 Å². The lowest BCUT2D eigenvalue weighted by Gasteiger charge is -2.40. The average molecular weight is 404 g/mol. The van der Waals surface area contributed by atoms with Gasteiger partial charge in [0.15, 0.2) is 6.29 Å². The van der Waals surface area contributed by atoms with Crippen LogP contribution in [0.5, 0.6) is 0 Å². The second-order valence-electron chi connectivity index (χ2n) is 6.90. The third-order valence-electron chi connectivity index (χ3n) is 4.97. The number of aromatic amines is 1. The van der Waals surface area contributed by atoms with Crippen LogP contribution in [0.4, 0.5) is 0 Å². The van der Waals surface area contributed by atoms with E-state index in [4.69, 9.17) is 14.2 Å². The molecular formula is C16H24N2O10. The minimum Gasteiger partial charge on any atom is -0.394 e. The number of aliphatic hydroxyl groups is 5. The van der Waals surface area contributed by atoms with Crippen molar-refractivity contribution in [3.05, 3.63) is 32.6 Å². The molecule has 0 saturated carbocycles. The summed E-state index contributed by atoms with van der Waals surface area (Å²) in [4.78, 5) is 25.7. The highest BCUT2D eigenvalue weighted by Gasteiger charge is 2.47. The molecule has 8 atom stereocenters. The molecule has 2 saturated heterocycles. The smallest absolute Gasteiger partial charge is 0.330 e. The summed E-state index contributed by atoms with van der Waals surface area (Å²) in [7, 11) is 0. The van der Waals surface area contributed by atoms with Gasteiger partial charge in [-0.05, 0) is 6.92 Å². The molecule has 2 aliphatic rings. The molecule has 6 N–H and O–H groups in total. The van der Waals surface area contributed by atoms with Crippen LogP contribution < -0.4 is 11.2 Å². The van der Waals surface area contributed by atoms with Gasteiger partial charge in [0.25, 0.3) is 5.56 Å². The van der Waals surface area contributed by atoms with E-state index < -0.39 is 73.6 Å². The molecule has 2 fully saturated rings. The number of hydrogen-bond acceptors (Lipinski definition) is 10. The summed E-state index contributed by atoms with van der Waals surface area (Å²) in [6.07, 6.45) is -8.43. The minimum absolute atomic E-state index is 0.0750. The second-order valence-corrected chi connectivity index (χ2v) is 6.90. The third kappa shape index (κ3) is 3.90. The van der Waals surface area contributed by atoms with Crippen LogP contribution in [-0.4, -0.2) is 91.2 Å². The second kappa shape index (κ2) is 8.39. The normalized spacial score (nSPS) is 38.6. The molecule has 0 amide bonds. The van der Waals surface area contributed by atoms with E-state index in [2.05, 4.69) is 4.98 Å². The molecule has 0 bridgehead atoms. The van der Waals surface area contributed by atoms with Gasteiger partial charge in [-0.15, -0.1) is 0 Å². The Kier molecular flexibility index (Phi) is 6.31. The van der Waals surface area contributed by atoms with Crippen LogP contribution in [0.2, 0.25) is 0 Å². The molecule has 0 spiro atoms. The van der Waals surface area contributed by atoms with E-state index in [0.29, 0.717) is 5.56 Å². The first-order valence-electron chi connectivity index (χ1n) is 8.81. The van der Waals surface area contributed by atoms with Gasteiger partial charge in [-0.25, -0.2) is 4.79 Å². The Hall–Kier alpha value is -1.64. The fraction of sp³-hybridized carbons (Fsp3) is 0.750. The number of rotatable bonds is 5. The van der Waals surface area contributed by atoms with Gasteiger partial charge in [0.2, 0.25) is 0 Å². The number of aliphatic hydroxyl groups excluding tert-OH is 5. The Labute approximate surface area is 158 Å². The van der Waals surface area contributed by atoms with Crippen LogP contribution in [0.25, 0.3) is 0 Å². The Morgan fingerprint density at radius 1 is 1.11 bits per heavy atom. The molecule has 158 valence electrons. The van der Waals surface area contributed by atoms with E-state index in [0.717, 1.165) is 4.57 Å². The molecule has 28 heavy (non-hydrogen) atoms. The lowest BCUT2D eigenvalue weighted by molar-refractivity contribution is -0.314. The van der Waals surface area contributed by atoms with Crippen molar-refractivity contribution in [3.63, 3.8) is 0 Å². The number of ether oxygens (including phenoxy) is 3. The van der Waals surface area contributed by atoms with Crippen molar-refractivity contribution >= 4 is 0 Å². The minimum atomic E-state index is -1.61. The Morgan fingerprint density at radius 3 is 2.43 bits per heavy atom. The maximum Gasteiger partial charge on any atom is 0.330 e. The zero-order valence-corrected chi connectivity index (χ0v) is 15.0. The molecule has 1 aromatic rings. The van der Waals surface area contributed by atoms with Crippen LogP contribution in [0, 0.1) is 6.92 Å². The number of aryl methyl sites for hydroxylation is 1. The predicted molar refractivity (Wildman–Crippen MR) is 90.3 cm³/mol. The largest absolute Gasteiger partial charge is 0.394 e. The van der Waals surface area contributed by atoms with E-state index in [1.54, 1.807) is 0 Å². The first kappa shape index (κ1) is 21.1. The molecule has 12 nitrogen and oxygen atoms in total. The van der Waals surface area contributed by atoms with Gasteiger partial charge >= 0.3 is 5.69 Å². The lowest BCUT2D eigenvalue weighted by Crippen LogP contribution is -2.60. The van der Waals surface area contributed by atoms with Gasteiger partial charge in [0.05, 0.1) is 19.3 Å². The number of hydrogen-bond donors (Lipinski definition) is 6. The third-order valence-corrected chi connectivity index (χ3v) is 4.97. The summed E-state index contributed by atoms with van der Waals surface area (Å²) < 4.78 is 17.7. The summed E-state index contributed by atoms with van der Waals surface area (Å²) in [6.45, 7) is 0.453. The summed E-state index contributed by atoms with van der Waals surface area (Å²) in [6, 6.07) is 0. The number of nitrogens with one attached hydrogen (secondary N) is 1. The molecule has 0 radical (unpaired) electrons. The van der Waals surface area contributed by atoms with Gasteiger partial charge in [-0.1, -0.05) is 0 Å². The van der Waals surface area contributed by atoms with Gasteiger partial charge in [0, 0.05) is 18.2 Å². The molecule has 1 aromatic heterocycles. The molecule has 12 heteroatoms. The number of aromatic nitrogens is 2. The number of nitrogens with zero attached hydrogens (tertiary/aromatic N) is 1. The van der Waals surface area contributed by atoms with Crippen LogP contribution in [0.15, 0.2) is 15.8 Å². The van der Waals surface area contributed by atoms with Crippen LogP contribution >= 0.6 is 0 Å². The average Bonchev–Trinajstić information content (AvgIpc) is 3.07. The van der Waals surface area contributed by atoms with Crippen molar-refractivity contribution in [2.75, 3.05) is 13.2 Å². The van der Waals surface area contributed by atoms with E-state index >= 15 is 0 Å². The summed E-state index contributed by atoms with van der Waals surface area (Å²) in [5.74, 6) is 0. The SMILES string of the molecule is Cc1cn([C@H]2C[C@H](O[C@@H]3O[C@H](CO)[C@H](O)[C@H](O)[C@H]3O)[C@@H](CO)O2)c(=O)[nH]c1=O. The monoisotopic (exact) mass is 404 g/mol. The van der Waals surface area contributed by atoms with Crippen molar-refractivity contribution in [2.24, 2.45) is 0 Å².